The van der Waals surface area contributed by atoms with E-state index in [2.05, 4.69) is 35.0 Å². The molecule has 4 aromatic rings. The van der Waals surface area contributed by atoms with Crippen molar-refractivity contribution >= 4 is 51.4 Å². The zero-order valence-corrected chi connectivity index (χ0v) is 23.3. The SMILES string of the molecule is COC(=O)C1CCC(Oc2c(OC3CCCCC3)c(-c3cccs3)c3nsnc3c2-c2cccs2)CC1. The molecule has 2 aliphatic carbocycles. The molecule has 0 spiro atoms. The predicted octanol–water partition coefficient (Wildman–Crippen LogP) is 7.97. The fraction of sp³-hybridized carbons (Fsp3) is 0.464. The van der Waals surface area contributed by atoms with Gasteiger partial charge in [-0.15, -0.1) is 22.7 Å². The zero-order chi connectivity index (χ0) is 25.2. The van der Waals surface area contributed by atoms with E-state index in [1.54, 1.807) is 22.7 Å². The quantitative estimate of drug-likeness (QED) is 0.216. The van der Waals surface area contributed by atoms with Gasteiger partial charge >= 0.3 is 5.97 Å². The van der Waals surface area contributed by atoms with Crippen molar-refractivity contribution in [3.63, 3.8) is 0 Å². The molecule has 0 saturated heterocycles. The summed E-state index contributed by atoms with van der Waals surface area (Å²) >= 11 is 4.60. The molecule has 0 bridgehead atoms. The molecule has 1 aromatic carbocycles. The highest BCUT2D eigenvalue weighted by Crippen LogP contribution is 2.53. The summed E-state index contributed by atoms with van der Waals surface area (Å²) in [6, 6.07) is 8.38. The number of benzene rings is 1. The Morgan fingerprint density at radius 3 is 1.81 bits per heavy atom. The van der Waals surface area contributed by atoms with Crippen molar-refractivity contribution in [1.82, 2.24) is 8.75 Å². The number of aromatic nitrogens is 2. The van der Waals surface area contributed by atoms with Crippen LogP contribution in [0.3, 0.4) is 0 Å². The molecule has 37 heavy (non-hydrogen) atoms. The largest absolute Gasteiger partial charge is 0.486 e. The third kappa shape index (κ3) is 5.01. The van der Waals surface area contributed by atoms with Crippen LogP contribution in [-0.4, -0.2) is 34.0 Å². The fourth-order valence-corrected chi connectivity index (χ4v) is 7.68. The van der Waals surface area contributed by atoms with Crippen molar-refractivity contribution in [3.05, 3.63) is 35.0 Å². The molecule has 2 aliphatic rings. The van der Waals surface area contributed by atoms with Crippen molar-refractivity contribution in [2.24, 2.45) is 5.92 Å². The number of carbonyl (C=O) groups excluding carboxylic acids is 1. The summed E-state index contributed by atoms with van der Waals surface area (Å²) in [4.78, 5) is 14.3. The molecule has 194 valence electrons. The molecular formula is C28H30N2O4S3. The summed E-state index contributed by atoms with van der Waals surface area (Å²) in [5, 5.41) is 4.17. The van der Waals surface area contributed by atoms with E-state index in [4.69, 9.17) is 23.0 Å². The standard InChI is InChI=1S/C28H30N2O4S3/c1-32-28(31)17-11-13-19(14-12-17)34-27-23(21-10-6-16-36-21)25-24(29-37-30-25)22(20-9-5-15-35-20)26(27)33-18-7-3-2-4-8-18/h5-6,9-10,15-19H,2-4,7-8,11-14H2,1H3. The normalized spacial score (nSPS) is 20.7. The minimum absolute atomic E-state index is 0.00597. The van der Waals surface area contributed by atoms with Crippen LogP contribution in [0.1, 0.15) is 57.8 Å². The van der Waals surface area contributed by atoms with Crippen LogP contribution in [0, 0.1) is 5.92 Å². The lowest BCUT2D eigenvalue weighted by Gasteiger charge is -2.31. The summed E-state index contributed by atoms with van der Waals surface area (Å²) in [6.07, 6.45) is 9.02. The maximum Gasteiger partial charge on any atom is 0.308 e. The van der Waals surface area contributed by atoms with E-state index < -0.39 is 0 Å². The van der Waals surface area contributed by atoms with Gasteiger partial charge in [-0.1, -0.05) is 18.6 Å². The number of ether oxygens (including phenoxy) is 3. The number of hydrogen-bond donors (Lipinski definition) is 0. The van der Waals surface area contributed by atoms with Gasteiger partial charge in [0.1, 0.15) is 11.0 Å². The second-order valence-corrected chi connectivity index (χ2v) is 12.2. The first-order valence-electron chi connectivity index (χ1n) is 13.0. The molecule has 3 heterocycles. The summed E-state index contributed by atoms with van der Waals surface area (Å²) in [7, 11) is 1.47. The van der Waals surface area contributed by atoms with Crippen LogP contribution < -0.4 is 9.47 Å². The Hall–Kier alpha value is -2.49. The Morgan fingerprint density at radius 1 is 0.784 bits per heavy atom. The number of carbonyl (C=O) groups is 1. The number of methoxy groups -OCH3 is 1. The predicted molar refractivity (Wildman–Crippen MR) is 150 cm³/mol. The van der Waals surface area contributed by atoms with Gasteiger partial charge in [-0.3, -0.25) is 4.79 Å². The number of esters is 1. The van der Waals surface area contributed by atoms with Crippen LogP contribution in [0.2, 0.25) is 0 Å². The number of rotatable bonds is 7. The molecule has 2 saturated carbocycles. The first-order valence-corrected chi connectivity index (χ1v) is 15.5. The summed E-state index contributed by atoms with van der Waals surface area (Å²) in [6.45, 7) is 0. The summed E-state index contributed by atoms with van der Waals surface area (Å²) in [5.41, 5.74) is 3.70. The van der Waals surface area contributed by atoms with Crippen LogP contribution in [0.4, 0.5) is 0 Å². The van der Waals surface area contributed by atoms with Crippen molar-refractivity contribution in [2.45, 2.75) is 70.0 Å². The molecule has 0 radical (unpaired) electrons. The molecule has 0 aliphatic heterocycles. The second-order valence-electron chi connectivity index (χ2n) is 9.82. The highest BCUT2D eigenvalue weighted by Gasteiger charge is 2.33. The van der Waals surface area contributed by atoms with Crippen LogP contribution in [0.5, 0.6) is 11.5 Å². The molecule has 6 nitrogen and oxygen atoms in total. The topological polar surface area (TPSA) is 70.5 Å². The molecule has 2 fully saturated rings. The first kappa shape index (κ1) is 24.8. The molecular weight excluding hydrogens is 525 g/mol. The highest BCUT2D eigenvalue weighted by molar-refractivity contribution is 7.14. The van der Waals surface area contributed by atoms with Crippen molar-refractivity contribution in [3.8, 4) is 32.4 Å². The number of hydrogen-bond acceptors (Lipinski definition) is 9. The number of thiophene rings is 2. The Balaban J connectivity index is 1.49. The van der Waals surface area contributed by atoms with Crippen molar-refractivity contribution in [1.29, 1.82) is 0 Å². The van der Waals surface area contributed by atoms with Crippen LogP contribution in [-0.2, 0) is 9.53 Å². The smallest absolute Gasteiger partial charge is 0.308 e. The molecule has 0 atom stereocenters. The van der Waals surface area contributed by atoms with Crippen LogP contribution in [0.25, 0.3) is 31.9 Å². The molecule has 0 N–H and O–H groups in total. The lowest BCUT2D eigenvalue weighted by molar-refractivity contribution is -0.147. The monoisotopic (exact) mass is 554 g/mol. The molecule has 3 aromatic heterocycles. The average Bonchev–Trinajstić information content (AvgIpc) is 3.73. The van der Waals surface area contributed by atoms with Gasteiger partial charge in [0.2, 0.25) is 0 Å². The molecule has 0 amide bonds. The van der Waals surface area contributed by atoms with E-state index in [0.717, 1.165) is 81.9 Å². The molecule has 6 rings (SSSR count). The Bertz CT molecular complexity index is 1340. The molecule has 0 unspecified atom stereocenters. The molecule has 9 heteroatoms. The van der Waals surface area contributed by atoms with Gasteiger partial charge in [0.15, 0.2) is 11.5 Å². The van der Waals surface area contributed by atoms with Crippen molar-refractivity contribution in [2.75, 3.05) is 7.11 Å². The maximum absolute atomic E-state index is 12.1. The summed E-state index contributed by atoms with van der Waals surface area (Å²) < 4.78 is 28.4. The van der Waals surface area contributed by atoms with Gasteiger partial charge in [0, 0.05) is 9.75 Å². The third-order valence-corrected chi connectivity index (χ3v) is 9.79. The maximum atomic E-state index is 12.1. The number of nitrogens with zero attached hydrogens (tertiary/aromatic N) is 2. The van der Waals surface area contributed by atoms with E-state index in [1.807, 2.05) is 0 Å². The Kier molecular flexibility index (Phi) is 7.44. The van der Waals surface area contributed by atoms with Crippen LogP contribution >= 0.6 is 34.4 Å². The van der Waals surface area contributed by atoms with E-state index in [1.165, 1.54) is 38.1 Å². The van der Waals surface area contributed by atoms with Gasteiger partial charge in [0.05, 0.1) is 48.1 Å². The van der Waals surface area contributed by atoms with Crippen LogP contribution in [0.15, 0.2) is 35.0 Å². The number of fused-ring (bicyclic) bond motifs is 1. The van der Waals surface area contributed by atoms with E-state index >= 15 is 0 Å². The highest BCUT2D eigenvalue weighted by atomic mass is 32.1. The lowest BCUT2D eigenvalue weighted by atomic mass is 9.87. The van der Waals surface area contributed by atoms with E-state index in [0.29, 0.717) is 0 Å². The lowest BCUT2D eigenvalue weighted by Crippen LogP contribution is -2.29. The minimum atomic E-state index is -0.117. The van der Waals surface area contributed by atoms with Gasteiger partial charge in [-0.25, -0.2) is 0 Å². The third-order valence-electron chi connectivity index (χ3n) is 7.49. The van der Waals surface area contributed by atoms with E-state index in [9.17, 15) is 4.79 Å². The Morgan fingerprint density at radius 2 is 1.32 bits per heavy atom. The minimum Gasteiger partial charge on any atom is -0.486 e. The van der Waals surface area contributed by atoms with Gasteiger partial charge < -0.3 is 14.2 Å². The van der Waals surface area contributed by atoms with Gasteiger partial charge in [-0.05, 0) is 74.3 Å². The average molecular weight is 555 g/mol. The first-order chi connectivity index (χ1) is 18.2. The van der Waals surface area contributed by atoms with Crippen molar-refractivity contribution < 1.29 is 19.0 Å². The Labute approximate surface area is 228 Å². The fourth-order valence-electron chi connectivity index (χ4n) is 5.58. The van der Waals surface area contributed by atoms with Gasteiger partial charge in [0.25, 0.3) is 0 Å². The second kappa shape index (κ2) is 11.1. The van der Waals surface area contributed by atoms with Gasteiger partial charge in [-0.2, -0.15) is 8.75 Å². The van der Waals surface area contributed by atoms with E-state index in [-0.39, 0.29) is 24.1 Å². The summed E-state index contributed by atoms with van der Waals surface area (Å²) in [5.74, 6) is 1.41. The zero-order valence-electron chi connectivity index (χ0n) is 20.8.